The van der Waals surface area contributed by atoms with Gasteiger partial charge in [-0.05, 0) is 36.8 Å². The maximum absolute atomic E-state index is 13.3. The van der Waals surface area contributed by atoms with Crippen LogP contribution >= 0.6 is 0 Å². The first-order chi connectivity index (χ1) is 15.3. The quantitative estimate of drug-likeness (QED) is 0.457. The van der Waals surface area contributed by atoms with E-state index >= 15 is 0 Å². The molecule has 0 aliphatic heterocycles. The third kappa shape index (κ3) is 3.96. The minimum Gasteiger partial charge on any atom is -0.361 e. The van der Waals surface area contributed by atoms with Crippen LogP contribution in [0.2, 0.25) is 0 Å². The number of hydrogen-bond donors (Lipinski definition) is 0. The lowest BCUT2D eigenvalue weighted by molar-refractivity contribution is -0.137. The van der Waals surface area contributed by atoms with Gasteiger partial charge in [0.15, 0.2) is 11.2 Å². The van der Waals surface area contributed by atoms with Crippen molar-refractivity contribution in [3.63, 3.8) is 0 Å². The van der Waals surface area contributed by atoms with E-state index in [0.29, 0.717) is 12.3 Å². The number of aromatic nitrogens is 4. The molecule has 10 heteroatoms. The monoisotopic (exact) mass is 444 g/mol. The van der Waals surface area contributed by atoms with Crippen LogP contribution in [-0.4, -0.2) is 25.3 Å². The SMILES string of the molecule is CCOCn1cnc2c1c(=O)n(Cc1cccc(C(F)(F)F)c1)c(=O)n2-c1ccccc1. The normalized spacial score (nSPS) is 11.9. The molecule has 2 heterocycles. The summed E-state index contributed by atoms with van der Waals surface area (Å²) < 4.78 is 48.4. The van der Waals surface area contributed by atoms with Crippen molar-refractivity contribution in [1.82, 2.24) is 18.7 Å². The van der Waals surface area contributed by atoms with Crippen LogP contribution in [0, 0.1) is 0 Å². The zero-order chi connectivity index (χ0) is 22.9. The van der Waals surface area contributed by atoms with E-state index in [-0.39, 0.29) is 30.0 Å². The molecule has 0 aliphatic rings. The molecule has 0 fully saturated rings. The van der Waals surface area contributed by atoms with Crippen molar-refractivity contribution in [2.45, 2.75) is 26.4 Å². The molecule has 0 spiro atoms. The third-order valence-electron chi connectivity index (χ3n) is 4.94. The second kappa shape index (κ2) is 8.46. The van der Waals surface area contributed by atoms with Gasteiger partial charge in [-0.2, -0.15) is 13.2 Å². The number of ether oxygens (including phenoxy) is 1. The lowest BCUT2D eigenvalue weighted by Crippen LogP contribution is -2.40. The highest BCUT2D eigenvalue weighted by Gasteiger charge is 2.30. The van der Waals surface area contributed by atoms with Crippen LogP contribution in [0.15, 0.2) is 70.5 Å². The minimum absolute atomic E-state index is 0.0405. The molecule has 0 unspecified atom stereocenters. The third-order valence-corrected chi connectivity index (χ3v) is 4.94. The summed E-state index contributed by atoms with van der Waals surface area (Å²) in [6.45, 7) is 1.91. The Morgan fingerprint density at radius 1 is 1.03 bits per heavy atom. The van der Waals surface area contributed by atoms with Crippen molar-refractivity contribution in [3.05, 3.63) is 92.9 Å². The molecule has 0 bridgehead atoms. The second-order valence-corrected chi connectivity index (χ2v) is 7.05. The highest BCUT2D eigenvalue weighted by atomic mass is 19.4. The number of para-hydroxylation sites is 1. The van der Waals surface area contributed by atoms with Gasteiger partial charge in [0, 0.05) is 6.61 Å². The maximum Gasteiger partial charge on any atom is 0.416 e. The summed E-state index contributed by atoms with van der Waals surface area (Å²) in [6.07, 6.45) is -3.14. The molecule has 0 saturated heterocycles. The Hall–Kier alpha value is -3.66. The van der Waals surface area contributed by atoms with Gasteiger partial charge in [-0.25, -0.2) is 14.3 Å². The molecule has 2 aromatic heterocycles. The predicted molar refractivity (Wildman–Crippen MR) is 112 cm³/mol. The smallest absolute Gasteiger partial charge is 0.361 e. The zero-order valence-corrected chi connectivity index (χ0v) is 17.0. The lowest BCUT2D eigenvalue weighted by Gasteiger charge is -2.14. The van der Waals surface area contributed by atoms with Crippen LogP contribution in [0.25, 0.3) is 16.9 Å². The fraction of sp³-hybridized carbons (Fsp3) is 0.227. The highest BCUT2D eigenvalue weighted by Crippen LogP contribution is 2.29. The Balaban J connectivity index is 1.95. The number of halogens is 3. The molecule has 0 radical (unpaired) electrons. The summed E-state index contributed by atoms with van der Waals surface area (Å²) >= 11 is 0. The first-order valence-corrected chi connectivity index (χ1v) is 9.81. The van der Waals surface area contributed by atoms with Crippen molar-refractivity contribution in [2.75, 3.05) is 6.61 Å². The van der Waals surface area contributed by atoms with Gasteiger partial charge < -0.3 is 9.30 Å². The summed E-state index contributed by atoms with van der Waals surface area (Å²) in [5.74, 6) is 0. The van der Waals surface area contributed by atoms with Gasteiger partial charge in [0.05, 0.1) is 24.1 Å². The van der Waals surface area contributed by atoms with E-state index in [1.165, 1.54) is 27.6 Å². The van der Waals surface area contributed by atoms with Crippen molar-refractivity contribution in [1.29, 1.82) is 0 Å². The Bertz CT molecular complexity index is 1370. The molecular weight excluding hydrogens is 425 g/mol. The van der Waals surface area contributed by atoms with E-state index in [9.17, 15) is 22.8 Å². The average Bonchev–Trinajstić information content (AvgIpc) is 3.19. The fourth-order valence-electron chi connectivity index (χ4n) is 3.45. The Morgan fingerprint density at radius 2 is 1.78 bits per heavy atom. The van der Waals surface area contributed by atoms with Crippen molar-refractivity contribution in [2.24, 2.45) is 0 Å². The number of rotatable bonds is 6. The summed E-state index contributed by atoms with van der Waals surface area (Å²) in [7, 11) is 0. The van der Waals surface area contributed by atoms with Gasteiger partial charge in [0.25, 0.3) is 5.56 Å². The average molecular weight is 444 g/mol. The summed E-state index contributed by atoms with van der Waals surface area (Å²) in [4.78, 5) is 30.9. The zero-order valence-electron chi connectivity index (χ0n) is 17.0. The van der Waals surface area contributed by atoms with Gasteiger partial charge in [0.2, 0.25) is 0 Å². The van der Waals surface area contributed by atoms with E-state index in [0.717, 1.165) is 16.7 Å². The topological polar surface area (TPSA) is 71.1 Å². The van der Waals surface area contributed by atoms with Gasteiger partial charge in [0.1, 0.15) is 6.73 Å². The highest BCUT2D eigenvalue weighted by molar-refractivity contribution is 5.72. The number of nitrogens with zero attached hydrogens (tertiary/aromatic N) is 4. The molecule has 0 saturated carbocycles. The van der Waals surface area contributed by atoms with E-state index in [1.54, 1.807) is 37.3 Å². The van der Waals surface area contributed by atoms with E-state index in [1.807, 2.05) is 0 Å². The Morgan fingerprint density at radius 3 is 2.47 bits per heavy atom. The molecule has 0 N–H and O–H groups in total. The molecule has 32 heavy (non-hydrogen) atoms. The molecule has 7 nitrogen and oxygen atoms in total. The molecule has 0 aliphatic carbocycles. The van der Waals surface area contributed by atoms with Crippen molar-refractivity contribution >= 4 is 11.2 Å². The number of hydrogen-bond acceptors (Lipinski definition) is 4. The number of benzene rings is 2. The van der Waals surface area contributed by atoms with Gasteiger partial charge >= 0.3 is 11.9 Å². The molecular formula is C22H19F3N4O3. The number of fused-ring (bicyclic) bond motifs is 1. The second-order valence-electron chi connectivity index (χ2n) is 7.05. The van der Waals surface area contributed by atoms with Crippen LogP contribution < -0.4 is 11.2 Å². The van der Waals surface area contributed by atoms with Crippen molar-refractivity contribution in [3.8, 4) is 5.69 Å². The minimum atomic E-state index is -4.54. The largest absolute Gasteiger partial charge is 0.416 e. The predicted octanol–water partition coefficient (Wildman–Crippen LogP) is 3.41. The van der Waals surface area contributed by atoms with E-state index in [2.05, 4.69) is 4.98 Å². The van der Waals surface area contributed by atoms with Crippen LogP contribution in [0.1, 0.15) is 18.1 Å². The first-order valence-electron chi connectivity index (χ1n) is 9.81. The van der Waals surface area contributed by atoms with Crippen LogP contribution in [0.5, 0.6) is 0 Å². The molecule has 0 amide bonds. The van der Waals surface area contributed by atoms with Crippen LogP contribution in [0.3, 0.4) is 0 Å². The van der Waals surface area contributed by atoms with Crippen LogP contribution in [-0.2, 0) is 24.2 Å². The fourth-order valence-corrected chi connectivity index (χ4v) is 3.45. The molecule has 2 aromatic carbocycles. The summed E-state index contributed by atoms with van der Waals surface area (Å²) in [5, 5.41) is 0. The summed E-state index contributed by atoms with van der Waals surface area (Å²) in [6, 6.07) is 13.2. The molecule has 4 aromatic rings. The van der Waals surface area contributed by atoms with E-state index in [4.69, 9.17) is 4.74 Å². The lowest BCUT2D eigenvalue weighted by atomic mass is 10.1. The Kier molecular flexibility index (Phi) is 5.70. The number of alkyl halides is 3. The van der Waals surface area contributed by atoms with Crippen LogP contribution in [0.4, 0.5) is 13.2 Å². The van der Waals surface area contributed by atoms with Crippen molar-refractivity contribution < 1.29 is 17.9 Å². The molecule has 0 atom stereocenters. The van der Waals surface area contributed by atoms with Gasteiger partial charge in [-0.3, -0.25) is 9.36 Å². The van der Waals surface area contributed by atoms with E-state index < -0.39 is 23.0 Å². The molecule has 4 rings (SSSR count). The molecule has 166 valence electrons. The van der Waals surface area contributed by atoms with Gasteiger partial charge in [-0.15, -0.1) is 0 Å². The standard InChI is InChI=1S/C22H19F3N4O3/c1-2-32-14-27-13-26-19-18(27)20(30)28(21(31)29(19)17-9-4-3-5-10-17)12-15-7-6-8-16(11-15)22(23,24)25/h3-11,13H,2,12,14H2,1H3. The summed E-state index contributed by atoms with van der Waals surface area (Å²) in [5.41, 5.74) is -1.30. The first kappa shape index (κ1) is 21.6. The number of imidazole rings is 1. The Labute approximate surface area is 179 Å². The van der Waals surface area contributed by atoms with Gasteiger partial charge in [-0.1, -0.05) is 30.3 Å². The maximum atomic E-state index is 13.3.